The van der Waals surface area contributed by atoms with Crippen LogP contribution in [0.1, 0.15) is 17.3 Å². The number of nitrogens with zero attached hydrogens (tertiary/aromatic N) is 3. The summed E-state index contributed by atoms with van der Waals surface area (Å²) in [5, 5.41) is 6.84. The third-order valence-electron chi connectivity index (χ3n) is 4.13. The number of hydrogen-bond acceptors (Lipinski definition) is 4. The molecule has 0 fully saturated rings. The second kappa shape index (κ2) is 7.63. The van der Waals surface area contributed by atoms with Gasteiger partial charge in [0.2, 0.25) is 0 Å². The Morgan fingerprint density at radius 1 is 1.11 bits per heavy atom. The van der Waals surface area contributed by atoms with E-state index in [1.807, 2.05) is 13.0 Å². The first-order valence-electron chi connectivity index (χ1n) is 8.40. The van der Waals surface area contributed by atoms with E-state index in [0.717, 1.165) is 0 Å². The van der Waals surface area contributed by atoms with Crippen molar-refractivity contribution >= 4 is 27.4 Å². The lowest BCUT2D eigenvalue weighted by Crippen LogP contribution is -2.26. The molecule has 0 aliphatic heterocycles. The Bertz CT molecular complexity index is 1050. The van der Waals surface area contributed by atoms with Crippen LogP contribution in [0.3, 0.4) is 0 Å². The van der Waals surface area contributed by atoms with Gasteiger partial charge in [0.05, 0.1) is 16.8 Å². The van der Waals surface area contributed by atoms with Crippen molar-refractivity contribution in [3.8, 4) is 0 Å². The van der Waals surface area contributed by atoms with Crippen LogP contribution in [0.5, 0.6) is 0 Å². The van der Waals surface area contributed by atoms with Gasteiger partial charge in [0.15, 0.2) is 0 Å². The fourth-order valence-electron chi connectivity index (χ4n) is 2.61. The highest BCUT2D eigenvalue weighted by molar-refractivity contribution is 7.92. The monoisotopic (exact) mass is 384 g/mol. The molecule has 0 spiro atoms. The minimum absolute atomic E-state index is 0.0468. The Kier molecular flexibility index (Phi) is 5.27. The maximum absolute atomic E-state index is 12.9. The number of aromatic nitrogens is 2. The predicted octanol–water partition coefficient (Wildman–Crippen LogP) is 2.98. The summed E-state index contributed by atoms with van der Waals surface area (Å²) < 4.78 is 28.6. The maximum Gasteiger partial charge on any atom is 0.264 e. The normalized spacial score (nSPS) is 11.2. The molecule has 1 aromatic heterocycles. The fourth-order valence-corrected chi connectivity index (χ4v) is 3.85. The molecule has 0 radical (unpaired) electrons. The number of aryl methyl sites for hydroxylation is 1. The van der Waals surface area contributed by atoms with Crippen LogP contribution in [0.15, 0.2) is 71.8 Å². The Hall–Kier alpha value is -3.13. The molecule has 1 heterocycles. The SMILES string of the molecule is CCn1nccc1NC(=O)c1cccc(S(=O)(=O)N(C)c2ccccc2)c1. The first-order chi connectivity index (χ1) is 12.9. The Balaban J connectivity index is 1.87. The van der Waals surface area contributed by atoms with Crippen LogP contribution in [-0.4, -0.2) is 31.2 Å². The molecule has 3 aromatic rings. The molecular formula is C19H20N4O3S. The average Bonchev–Trinajstić information content (AvgIpc) is 3.15. The van der Waals surface area contributed by atoms with Crippen LogP contribution in [0.2, 0.25) is 0 Å². The molecule has 0 saturated heterocycles. The Morgan fingerprint density at radius 3 is 2.56 bits per heavy atom. The number of sulfonamides is 1. The van der Waals surface area contributed by atoms with E-state index in [2.05, 4.69) is 10.4 Å². The molecule has 8 heteroatoms. The van der Waals surface area contributed by atoms with E-state index < -0.39 is 15.9 Å². The molecule has 27 heavy (non-hydrogen) atoms. The summed E-state index contributed by atoms with van der Waals surface area (Å²) in [6.45, 7) is 2.52. The number of carbonyl (C=O) groups excluding carboxylic acids is 1. The number of para-hydroxylation sites is 1. The van der Waals surface area contributed by atoms with Gasteiger partial charge in [0, 0.05) is 25.2 Å². The van der Waals surface area contributed by atoms with Gasteiger partial charge in [-0.1, -0.05) is 24.3 Å². The maximum atomic E-state index is 12.9. The predicted molar refractivity (Wildman–Crippen MR) is 104 cm³/mol. The fraction of sp³-hybridized carbons (Fsp3) is 0.158. The van der Waals surface area contributed by atoms with Crippen LogP contribution in [0, 0.1) is 0 Å². The molecule has 0 atom stereocenters. The standard InChI is InChI=1S/C19H20N4O3S/c1-3-23-18(12-13-20-23)21-19(24)15-8-7-11-17(14-15)27(25,26)22(2)16-9-5-4-6-10-16/h4-14H,3H2,1-2H3,(H,21,24). The van der Waals surface area contributed by atoms with Crippen LogP contribution < -0.4 is 9.62 Å². The number of rotatable bonds is 6. The molecule has 0 aliphatic carbocycles. The second-order valence-electron chi connectivity index (χ2n) is 5.82. The van der Waals surface area contributed by atoms with E-state index in [0.29, 0.717) is 18.1 Å². The molecular weight excluding hydrogens is 364 g/mol. The van der Waals surface area contributed by atoms with Crippen molar-refractivity contribution < 1.29 is 13.2 Å². The molecule has 0 unspecified atom stereocenters. The van der Waals surface area contributed by atoms with Gasteiger partial charge in [0.1, 0.15) is 5.82 Å². The van der Waals surface area contributed by atoms with Crippen molar-refractivity contribution in [2.75, 3.05) is 16.7 Å². The van der Waals surface area contributed by atoms with Crippen molar-refractivity contribution in [3.05, 3.63) is 72.4 Å². The van der Waals surface area contributed by atoms with Gasteiger partial charge < -0.3 is 5.32 Å². The molecule has 7 nitrogen and oxygen atoms in total. The largest absolute Gasteiger partial charge is 0.307 e. The molecule has 0 aliphatic rings. The first kappa shape index (κ1) is 18.7. The third kappa shape index (κ3) is 3.85. The van der Waals surface area contributed by atoms with E-state index in [-0.39, 0.29) is 10.5 Å². The van der Waals surface area contributed by atoms with E-state index in [1.165, 1.54) is 23.5 Å². The number of anilines is 2. The highest BCUT2D eigenvalue weighted by atomic mass is 32.2. The summed E-state index contributed by atoms with van der Waals surface area (Å²) in [5.74, 6) is 0.154. The number of hydrogen-bond donors (Lipinski definition) is 1. The van der Waals surface area contributed by atoms with Crippen LogP contribution in [0.25, 0.3) is 0 Å². The molecule has 0 bridgehead atoms. The average molecular weight is 384 g/mol. The van der Waals surface area contributed by atoms with Gasteiger partial charge in [0.25, 0.3) is 15.9 Å². The lowest BCUT2D eigenvalue weighted by atomic mass is 10.2. The molecule has 1 N–H and O–H groups in total. The number of carbonyl (C=O) groups is 1. The van der Waals surface area contributed by atoms with Gasteiger partial charge in [-0.15, -0.1) is 0 Å². The highest BCUT2D eigenvalue weighted by Gasteiger charge is 2.22. The summed E-state index contributed by atoms with van der Waals surface area (Å²) >= 11 is 0. The Morgan fingerprint density at radius 2 is 1.85 bits per heavy atom. The van der Waals surface area contributed by atoms with Crippen LogP contribution in [-0.2, 0) is 16.6 Å². The number of amides is 1. The zero-order chi connectivity index (χ0) is 19.4. The molecule has 1 amide bonds. The van der Waals surface area contributed by atoms with E-state index in [9.17, 15) is 13.2 Å². The van der Waals surface area contributed by atoms with Crippen molar-refractivity contribution in [1.82, 2.24) is 9.78 Å². The summed E-state index contributed by atoms with van der Waals surface area (Å²) in [7, 11) is -2.30. The van der Waals surface area contributed by atoms with Crippen molar-refractivity contribution in [2.45, 2.75) is 18.4 Å². The van der Waals surface area contributed by atoms with Crippen LogP contribution in [0.4, 0.5) is 11.5 Å². The minimum atomic E-state index is -3.79. The summed E-state index contributed by atoms with van der Waals surface area (Å²) in [6, 6.07) is 16.4. The van der Waals surface area contributed by atoms with Gasteiger partial charge in [-0.25, -0.2) is 13.1 Å². The summed E-state index contributed by atoms with van der Waals surface area (Å²) in [6.07, 6.45) is 1.59. The van der Waals surface area contributed by atoms with Crippen molar-refractivity contribution in [3.63, 3.8) is 0 Å². The second-order valence-corrected chi connectivity index (χ2v) is 7.79. The van der Waals surface area contributed by atoms with Gasteiger partial charge in [-0.05, 0) is 37.3 Å². The first-order valence-corrected chi connectivity index (χ1v) is 9.84. The lowest BCUT2D eigenvalue weighted by Gasteiger charge is -2.19. The van der Waals surface area contributed by atoms with Crippen molar-refractivity contribution in [2.24, 2.45) is 0 Å². The molecule has 2 aromatic carbocycles. The van der Waals surface area contributed by atoms with Crippen molar-refractivity contribution in [1.29, 1.82) is 0 Å². The zero-order valence-electron chi connectivity index (χ0n) is 15.0. The molecule has 0 saturated carbocycles. The number of benzene rings is 2. The summed E-state index contributed by atoms with van der Waals surface area (Å²) in [4.78, 5) is 12.6. The van der Waals surface area contributed by atoms with E-state index >= 15 is 0 Å². The van der Waals surface area contributed by atoms with Gasteiger partial charge >= 0.3 is 0 Å². The van der Waals surface area contributed by atoms with Gasteiger partial charge in [-0.3, -0.25) is 9.10 Å². The zero-order valence-corrected chi connectivity index (χ0v) is 15.8. The number of nitrogens with one attached hydrogen (secondary N) is 1. The minimum Gasteiger partial charge on any atom is -0.307 e. The van der Waals surface area contributed by atoms with Gasteiger partial charge in [-0.2, -0.15) is 5.10 Å². The third-order valence-corrected chi connectivity index (χ3v) is 5.91. The lowest BCUT2D eigenvalue weighted by molar-refractivity contribution is 0.102. The highest BCUT2D eigenvalue weighted by Crippen LogP contribution is 2.22. The van der Waals surface area contributed by atoms with Crippen LogP contribution >= 0.6 is 0 Å². The quantitative estimate of drug-likeness (QED) is 0.708. The molecule has 3 rings (SSSR count). The summed E-state index contributed by atoms with van der Waals surface area (Å²) in [5.41, 5.74) is 0.792. The van der Waals surface area contributed by atoms with E-state index in [4.69, 9.17) is 0 Å². The van der Waals surface area contributed by atoms with E-state index in [1.54, 1.807) is 53.3 Å². The topological polar surface area (TPSA) is 84.3 Å². The Labute approximate surface area is 158 Å². The smallest absolute Gasteiger partial charge is 0.264 e. The molecule has 140 valence electrons.